The lowest BCUT2D eigenvalue weighted by Gasteiger charge is -2.30. The molecule has 12 heteroatoms. The predicted octanol–water partition coefficient (Wildman–Crippen LogP) is 9.88. The third-order valence-electron chi connectivity index (χ3n) is 9.59. The summed E-state index contributed by atoms with van der Waals surface area (Å²) in [6.07, 6.45) is 12.5. The van der Waals surface area contributed by atoms with Gasteiger partial charge in [0.1, 0.15) is 12.2 Å². The lowest BCUT2D eigenvalue weighted by Crippen LogP contribution is -2.42. The van der Waals surface area contributed by atoms with E-state index in [1.165, 1.54) is 36.8 Å². The number of carbonyl (C=O) groups is 2. The number of carbonyl (C=O) groups excluding carboxylic acids is 2. The summed E-state index contributed by atoms with van der Waals surface area (Å²) >= 11 is 0. The topological polar surface area (TPSA) is 135 Å². The van der Waals surface area contributed by atoms with Crippen LogP contribution in [0.4, 0.5) is 21.0 Å². The van der Waals surface area contributed by atoms with Crippen LogP contribution in [0.2, 0.25) is 0 Å². The zero-order chi connectivity index (χ0) is 39.7. The first-order chi connectivity index (χ1) is 25.5. The zero-order valence-electron chi connectivity index (χ0n) is 34.1. The van der Waals surface area contributed by atoms with Crippen molar-refractivity contribution >= 4 is 45.5 Å². The van der Waals surface area contributed by atoms with E-state index in [2.05, 4.69) is 58.2 Å². The lowest BCUT2D eigenvalue weighted by atomic mass is 9.94. The first kappa shape index (κ1) is 45.6. The minimum absolute atomic E-state index is 0.0741. The van der Waals surface area contributed by atoms with Gasteiger partial charge in [-0.15, -0.1) is 0 Å². The molecule has 2 aromatic carbocycles. The molecule has 2 aromatic rings. The van der Waals surface area contributed by atoms with Gasteiger partial charge in [0.2, 0.25) is 0 Å². The number of rotatable bonds is 14. The molecular weight excluding hydrogens is 721 g/mol. The standard InChI is InChI=1S/2C21H34N2O3S/c2*1-5-6-7-16-8-10-17(11-9-16)22-20(24)26-19-14-12-18(13-15-19)23-27(25)21(2,3)4/h2*8-11,18-19,23H,5-7,12-15H2,1-4H3,(H,22,24). The van der Waals surface area contributed by atoms with Crippen LogP contribution in [0.15, 0.2) is 48.5 Å². The maximum absolute atomic E-state index is 12.2. The maximum atomic E-state index is 12.2. The summed E-state index contributed by atoms with van der Waals surface area (Å²) in [5.74, 6) is 0. The molecule has 2 atom stereocenters. The van der Waals surface area contributed by atoms with E-state index in [0.717, 1.165) is 75.6 Å². The summed E-state index contributed by atoms with van der Waals surface area (Å²) in [4.78, 5) is 24.3. The Morgan fingerprint density at radius 1 is 0.574 bits per heavy atom. The van der Waals surface area contributed by atoms with E-state index in [9.17, 15) is 18.0 Å². The fourth-order valence-corrected chi connectivity index (χ4v) is 7.91. The number of aryl methyl sites for hydroxylation is 2. The molecule has 304 valence electrons. The van der Waals surface area contributed by atoms with Crippen LogP contribution >= 0.6 is 0 Å². The van der Waals surface area contributed by atoms with Gasteiger partial charge in [-0.25, -0.2) is 27.5 Å². The average molecular weight is 789 g/mol. The molecular formula is C42H68N4O6S2. The molecule has 2 unspecified atom stereocenters. The molecule has 2 amide bonds. The summed E-state index contributed by atoms with van der Waals surface area (Å²) in [6, 6.07) is 16.4. The molecule has 0 saturated heterocycles. The molecule has 0 bridgehead atoms. The lowest BCUT2D eigenvalue weighted by molar-refractivity contribution is 0.0808. The Balaban J connectivity index is 0.000000290. The third kappa shape index (κ3) is 17.3. The zero-order valence-corrected chi connectivity index (χ0v) is 35.7. The number of ether oxygens (including phenoxy) is 2. The predicted molar refractivity (Wildman–Crippen MR) is 224 cm³/mol. The van der Waals surface area contributed by atoms with Gasteiger partial charge in [0, 0.05) is 23.5 Å². The van der Waals surface area contributed by atoms with Crippen molar-refractivity contribution in [2.45, 2.75) is 179 Å². The number of nitrogens with one attached hydrogen (secondary N) is 4. The summed E-state index contributed by atoms with van der Waals surface area (Å²) in [6.45, 7) is 16.1. The fourth-order valence-electron chi connectivity index (χ4n) is 6.12. The van der Waals surface area contributed by atoms with Crippen molar-refractivity contribution in [2.75, 3.05) is 10.6 Å². The quantitative estimate of drug-likeness (QED) is 0.151. The second-order valence-corrected chi connectivity index (χ2v) is 20.6. The number of amides is 2. The molecule has 0 spiro atoms. The second kappa shape index (κ2) is 22.7. The highest BCUT2D eigenvalue weighted by atomic mass is 32.2. The largest absolute Gasteiger partial charge is 0.446 e. The van der Waals surface area contributed by atoms with Crippen molar-refractivity contribution in [2.24, 2.45) is 0 Å². The Morgan fingerprint density at radius 2 is 0.889 bits per heavy atom. The molecule has 0 aliphatic heterocycles. The van der Waals surface area contributed by atoms with Crippen LogP contribution in [-0.4, -0.2) is 54.4 Å². The van der Waals surface area contributed by atoms with Crippen molar-refractivity contribution in [1.82, 2.24) is 9.44 Å². The molecule has 2 fully saturated rings. The van der Waals surface area contributed by atoms with Crippen LogP contribution in [0.25, 0.3) is 0 Å². The molecule has 0 aromatic heterocycles. The molecule has 2 aliphatic rings. The first-order valence-corrected chi connectivity index (χ1v) is 22.3. The Morgan fingerprint density at radius 3 is 1.17 bits per heavy atom. The number of hydrogen-bond acceptors (Lipinski definition) is 6. The fraction of sp³-hybridized carbons (Fsp3) is 0.667. The van der Waals surface area contributed by atoms with Gasteiger partial charge in [0.05, 0.1) is 31.5 Å². The van der Waals surface area contributed by atoms with Crippen molar-refractivity contribution in [3.05, 3.63) is 59.7 Å². The average Bonchev–Trinajstić information content (AvgIpc) is 3.12. The second-order valence-electron chi connectivity index (χ2n) is 16.6. The molecule has 0 heterocycles. The van der Waals surface area contributed by atoms with Gasteiger partial charge < -0.3 is 9.47 Å². The Bertz CT molecular complexity index is 1350. The first-order valence-electron chi connectivity index (χ1n) is 20.0. The summed E-state index contributed by atoms with van der Waals surface area (Å²) in [5, 5.41) is 5.62. The van der Waals surface area contributed by atoms with Crippen LogP contribution in [0, 0.1) is 0 Å². The normalized spacial score (nSPS) is 21.5. The van der Waals surface area contributed by atoms with E-state index in [0.29, 0.717) is 0 Å². The highest BCUT2D eigenvalue weighted by molar-refractivity contribution is 7.84. The van der Waals surface area contributed by atoms with Crippen LogP contribution in [-0.2, 0) is 44.3 Å². The number of unbranched alkanes of at least 4 members (excludes halogenated alkanes) is 2. The van der Waals surface area contributed by atoms with Gasteiger partial charge in [-0.3, -0.25) is 10.6 Å². The van der Waals surface area contributed by atoms with Gasteiger partial charge >= 0.3 is 12.2 Å². The van der Waals surface area contributed by atoms with E-state index in [-0.39, 0.29) is 33.8 Å². The van der Waals surface area contributed by atoms with E-state index >= 15 is 0 Å². The highest BCUT2D eigenvalue weighted by Crippen LogP contribution is 2.25. The van der Waals surface area contributed by atoms with Crippen LogP contribution in [0.5, 0.6) is 0 Å². The van der Waals surface area contributed by atoms with Gasteiger partial charge in [-0.1, -0.05) is 51.0 Å². The van der Waals surface area contributed by atoms with Crippen molar-refractivity contribution in [3.8, 4) is 0 Å². The van der Waals surface area contributed by atoms with Crippen molar-refractivity contribution in [1.29, 1.82) is 0 Å². The van der Waals surface area contributed by atoms with Crippen LogP contribution < -0.4 is 20.1 Å². The Labute approximate surface area is 330 Å². The summed E-state index contributed by atoms with van der Waals surface area (Å²) < 4.78 is 41.4. The molecule has 0 radical (unpaired) electrons. The van der Waals surface area contributed by atoms with Gasteiger partial charge in [0.25, 0.3) is 0 Å². The third-order valence-corrected chi connectivity index (χ3v) is 12.9. The monoisotopic (exact) mass is 788 g/mol. The summed E-state index contributed by atoms with van der Waals surface area (Å²) in [7, 11) is -2.12. The SMILES string of the molecule is CCCCc1ccc(NC(=O)OC2CCC(NS(=O)C(C)(C)C)CC2)cc1.CCCCc1ccc(NC(=O)OC2CCC(NS(=O)C(C)(C)C)CC2)cc1. The minimum atomic E-state index is -1.06. The summed E-state index contributed by atoms with van der Waals surface area (Å²) in [5.41, 5.74) is 4.09. The number of hydrogen-bond donors (Lipinski definition) is 4. The van der Waals surface area contributed by atoms with Crippen LogP contribution in [0.1, 0.15) is 144 Å². The maximum Gasteiger partial charge on any atom is 0.411 e. The van der Waals surface area contributed by atoms with Gasteiger partial charge in [0.15, 0.2) is 0 Å². The number of benzene rings is 2. The molecule has 54 heavy (non-hydrogen) atoms. The Hall–Kier alpha value is -2.80. The molecule has 4 rings (SSSR count). The van der Waals surface area contributed by atoms with Crippen molar-refractivity contribution < 1.29 is 27.5 Å². The molecule has 2 aliphatic carbocycles. The van der Waals surface area contributed by atoms with Crippen molar-refractivity contribution in [3.63, 3.8) is 0 Å². The van der Waals surface area contributed by atoms with Crippen LogP contribution in [0.3, 0.4) is 0 Å². The highest BCUT2D eigenvalue weighted by Gasteiger charge is 2.29. The van der Waals surface area contributed by atoms with Gasteiger partial charge in [-0.05, 0) is 154 Å². The smallest absolute Gasteiger partial charge is 0.411 e. The number of anilines is 2. The van der Waals surface area contributed by atoms with E-state index in [1.54, 1.807) is 0 Å². The molecule has 2 saturated carbocycles. The molecule has 10 nitrogen and oxygen atoms in total. The Kier molecular flexibility index (Phi) is 19.1. The van der Waals surface area contributed by atoms with Gasteiger partial charge in [-0.2, -0.15) is 0 Å². The molecule has 4 N–H and O–H groups in total. The van der Waals surface area contributed by atoms with E-state index in [1.807, 2.05) is 65.8 Å². The van der Waals surface area contributed by atoms with E-state index in [4.69, 9.17) is 9.47 Å². The minimum Gasteiger partial charge on any atom is -0.446 e. The van der Waals surface area contributed by atoms with E-state index < -0.39 is 34.2 Å².